The van der Waals surface area contributed by atoms with Crippen LogP contribution in [0.15, 0.2) is 41.5 Å². The fourth-order valence-corrected chi connectivity index (χ4v) is 5.23. The molecule has 0 aliphatic carbocycles. The van der Waals surface area contributed by atoms with Gasteiger partial charge in [-0.05, 0) is 24.3 Å². The molecule has 4 heterocycles. The zero-order valence-electron chi connectivity index (χ0n) is 18.0. The van der Waals surface area contributed by atoms with E-state index in [9.17, 15) is 0 Å². The Balaban J connectivity index is 1.42. The van der Waals surface area contributed by atoms with Gasteiger partial charge in [0, 0.05) is 17.5 Å². The van der Waals surface area contributed by atoms with Gasteiger partial charge in [-0.2, -0.15) is 5.10 Å². The van der Waals surface area contributed by atoms with Gasteiger partial charge in [-0.25, -0.2) is 5.01 Å². The molecular formula is C24H28N3O4+. The molecule has 0 aromatic heterocycles. The SMILES string of the molecule is COc1cccc2c1OC1(CC[NH+](C)CC1)N1N=C(c3ccc4c(c3)OCCO4)C[C@@H]21. The summed E-state index contributed by atoms with van der Waals surface area (Å²) in [4.78, 5) is 1.53. The van der Waals surface area contributed by atoms with Gasteiger partial charge in [0.15, 0.2) is 23.0 Å². The molecule has 4 aliphatic heterocycles. The smallest absolute Gasteiger partial charge is 0.209 e. The highest BCUT2D eigenvalue weighted by Crippen LogP contribution is 2.52. The second-order valence-electron chi connectivity index (χ2n) is 8.85. The highest BCUT2D eigenvalue weighted by Gasteiger charge is 2.53. The van der Waals surface area contributed by atoms with Crippen LogP contribution in [0, 0.1) is 0 Å². The number of hydrogen-bond acceptors (Lipinski definition) is 6. The molecule has 1 N–H and O–H groups in total. The predicted octanol–water partition coefficient (Wildman–Crippen LogP) is 2.01. The summed E-state index contributed by atoms with van der Waals surface area (Å²) in [6.45, 7) is 3.29. The van der Waals surface area contributed by atoms with Crippen LogP contribution in [0.1, 0.15) is 36.4 Å². The average molecular weight is 423 g/mol. The number of likely N-dealkylation sites (tertiary alicyclic amines) is 1. The Morgan fingerprint density at radius 2 is 1.90 bits per heavy atom. The third-order valence-corrected chi connectivity index (χ3v) is 6.97. The minimum atomic E-state index is -0.429. The van der Waals surface area contributed by atoms with Gasteiger partial charge in [-0.3, -0.25) is 0 Å². The zero-order valence-corrected chi connectivity index (χ0v) is 18.0. The van der Waals surface area contributed by atoms with Gasteiger partial charge in [-0.1, -0.05) is 12.1 Å². The van der Waals surface area contributed by atoms with E-state index >= 15 is 0 Å². The largest absolute Gasteiger partial charge is 0.493 e. The molecule has 0 amide bonds. The van der Waals surface area contributed by atoms with Crippen molar-refractivity contribution < 1.29 is 23.8 Å². The van der Waals surface area contributed by atoms with Gasteiger partial charge >= 0.3 is 0 Å². The number of piperidine rings is 1. The normalized spacial score (nSPS) is 28.5. The number of para-hydroxylation sites is 1. The Hall–Kier alpha value is -2.93. The maximum absolute atomic E-state index is 6.76. The van der Waals surface area contributed by atoms with E-state index < -0.39 is 5.72 Å². The molecule has 162 valence electrons. The molecule has 0 radical (unpaired) electrons. The van der Waals surface area contributed by atoms with E-state index in [0.29, 0.717) is 13.2 Å². The van der Waals surface area contributed by atoms with E-state index in [4.69, 9.17) is 24.0 Å². The Labute approximate surface area is 182 Å². The van der Waals surface area contributed by atoms with Gasteiger partial charge in [0.25, 0.3) is 0 Å². The van der Waals surface area contributed by atoms with Crippen molar-refractivity contribution in [2.45, 2.75) is 31.0 Å². The van der Waals surface area contributed by atoms with Crippen LogP contribution in [0.4, 0.5) is 0 Å². The van der Waals surface area contributed by atoms with Gasteiger partial charge in [0.05, 0.1) is 51.8 Å². The first-order chi connectivity index (χ1) is 15.2. The number of hydrogen-bond donors (Lipinski definition) is 1. The summed E-state index contributed by atoms with van der Waals surface area (Å²) in [5, 5.41) is 7.41. The number of quaternary nitrogens is 1. The molecule has 0 bridgehead atoms. The third-order valence-electron chi connectivity index (χ3n) is 6.97. The van der Waals surface area contributed by atoms with Crippen molar-refractivity contribution in [3.8, 4) is 23.0 Å². The van der Waals surface area contributed by atoms with E-state index in [0.717, 1.165) is 72.2 Å². The molecule has 4 aliphatic rings. The summed E-state index contributed by atoms with van der Waals surface area (Å²) in [7, 11) is 3.96. The van der Waals surface area contributed by atoms with Crippen LogP contribution in [0.3, 0.4) is 0 Å². The highest BCUT2D eigenvalue weighted by molar-refractivity contribution is 6.02. The first kappa shape index (κ1) is 18.8. The summed E-state index contributed by atoms with van der Waals surface area (Å²) >= 11 is 0. The van der Waals surface area contributed by atoms with Crippen molar-refractivity contribution in [1.82, 2.24) is 5.01 Å². The van der Waals surface area contributed by atoms with Crippen molar-refractivity contribution in [2.75, 3.05) is 40.5 Å². The number of fused-ring (bicyclic) bond motifs is 5. The van der Waals surface area contributed by atoms with Crippen molar-refractivity contribution >= 4 is 5.71 Å². The molecule has 7 nitrogen and oxygen atoms in total. The van der Waals surface area contributed by atoms with Gasteiger partial charge in [0.2, 0.25) is 5.72 Å². The van der Waals surface area contributed by atoms with Gasteiger partial charge < -0.3 is 23.8 Å². The summed E-state index contributed by atoms with van der Waals surface area (Å²) in [5.74, 6) is 3.28. The van der Waals surface area contributed by atoms with Crippen molar-refractivity contribution in [3.63, 3.8) is 0 Å². The molecule has 2 aromatic rings. The van der Waals surface area contributed by atoms with Gasteiger partial charge in [-0.15, -0.1) is 0 Å². The minimum Gasteiger partial charge on any atom is -0.493 e. The van der Waals surface area contributed by atoms with Crippen LogP contribution in [0.5, 0.6) is 23.0 Å². The summed E-state index contributed by atoms with van der Waals surface area (Å²) in [5.41, 5.74) is 2.86. The van der Waals surface area contributed by atoms with Gasteiger partial charge in [0.1, 0.15) is 13.2 Å². The summed E-state index contributed by atoms with van der Waals surface area (Å²) in [6.07, 6.45) is 2.70. The molecule has 0 unspecified atom stereocenters. The van der Waals surface area contributed by atoms with Crippen LogP contribution in [-0.4, -0.2) is 56.9 Å². The Morgan fingerprint density at radius 1 is 1.10 bits per heavy atom. The van der Waals surface area contributed by atoms with E-state index in [1.807, 2.05) is 18.2 Å². The molecule has 0 saturated carbocycles. The lowest BCUT2D eigenvalue weighted by Gasteiger charge is -2.49. The summed E-state index contributed by atoms with van der Waals surface area (Å²) in [6, 6.07) is 12.4. The Kier molecular flexibility index (Phi) is 4.28. The quantitative estimate of drug-likeness (QED) is 0.803. The van der Waals surface area contributed by atoms with Crippen LogP contribution in [0.2, 0.25) is 0 Å². The molecule has 31 heavy (non-hydrogen) atoms. The fourth-order valence-electron chi connectivity index (χ4n) is 5.23. The van der Waals surface area contributed by atoms with Crippen molar-refractivity contribution in [1.29, 1.82) is 0 Å². The number of benzene rings is 2. The van der Waals surface area contributed by atoms with E-state index in [-0.39, 0.29) is 6.04 Å². The first-order valence-corrected chi connectivity index (χ1v) is 11.1. The Bertz CT molecular complexity index is 1050. The van der Waals surface area contributed by atoms with E-state index in [2.05, 4.69) is 30.3 Å². The topological polar surface area (TPSA) is 57.0 Å². The third kappa shape index (κ3) is 2.94. The molecule has 1 fully saturated rings. The lowest BCUT2D eigenvalue weighted by atomic mass is 9.90. The van der Waals surface area contributed by atoms with Crippen LogP contribution < -0.4 is 23.8 Å². The number of nitrogens with zero attached hydrogens (tertiary/aromatic N) is 2. The second-order valence-corrected chi connectivity index (χ2v) is 8.85. The number of nitrogens with one attached hydrogen (secondary N) is 1. The summed E-state index contributed by atoms with van der Waals surface area (Å²) < 4.78 is 23.9. The number of ether oxygens (including phenoxy) is 4. The lowest BCUT2D eigenvalue weighted by molar-refractivity contribution is -0.888. The van der Waals surface area contributed by atoms with Crippen molar-refractivity contribution in [2.24, 2.45) is 5.10 Å². The first-order valence-electron chi connectivity index (χ1n) is 11.1. The van der Waals surface area contributed by atoms with E-state index in [1.54, 1.807) is 7.11 Å². The molecule has 1 atom stereocenters. The van der Waals surface area contributed by atoms with Crippen LogP contribution in [0.25, 0.3) is 0 Å². The molecule has 2 aromatic carbocycles. The maximum Gasteiger partial charge on any atom is 0.209 e. The standard InChI is InChI=1S/C24H27N3O4/c1-26-10-8-24(9-11-26)27-19(17-4-3-5-21(28-2)23(17)31-24)15-18(25-27)16-6-7-20-22(14-16)30-13-12-29-20/h3-7,14,19H,8-13,15H2,1-2H3/p+1/t19-/m0/s1. The van der Waals surface area contributed by atoms with Crippen LogP contribution >= 0.6 is 0 Å². The second kappa shape index (κ2) is 7.05. The van der Waals surface area contributed by atoms with E-state index in [1.165, 1.54) is 4.90 Å². The zero-order chi connectivity index (χ0) is 21.0. The predicted molar refractivity (Wildman–Crippen MR) is 115 cm³/mol. The average Bonchev–Trinajstić information content (AvgIpc) is 3.27. The maximum atomic E-state index is 6.76. The monoisotopic (exact) mass is 422 g/mol. The molecule has 6 rings (SSSR count). The Morgan fingerprint density at radius 3 is 2.71 bits per heavy atom. The lowest BCUT2D eigenvalue weighted by Crippen LogP contribution is -3.11. The molecule has 1 saturated heterocycles. The van der Waals surface area contributed by atoms with Crippen molar-refractivity contribution in [3.05, 3.63) is 47.5 Å². The number of hydrazone groups is 1. The highest BCUT2D eigenvalue weighted by atomic mass is 16.6. The molecule has 1 spiro atoms. The minimum absolute atomic E-state index is 0.139. The molecule has 7 heteroatoms. The number of methoxy groups -OCH3 is 1. The van der Waals surface area contributed by atoms with Crippen LogP contribution in [-0.2, 0) is 0 Å². The fraction of sp³-hybridized carbons (Fsp3) is 0.458. The number of rotatable bonds is 2. The molecular weight excluding hydrogens is 394 g/mol.